The van der Waals surface area contributed by atoms with Gasteiger partial charge in [0.05, 0.1) is 0 Å². The van der Waals surface area contributed by atoms with Gasteiger partial charge in [-0.1, -0.05) is 6.07 Å². The molecule has 0 radical (unpaired) electrons. The van der Waals surface area contributed by atoms with Crippen molar-refractivity contribution < 1.29 is 0 Å². The molecule has 1 N–H and O–H groups in total. The fourth-order valence-electron chi connectivity index (χ4n) is 1.95. The second-order valence-electron chi connectivity index (χ2n) is 4.50. The van der Waals surface area contributed by atoms with E-state index in [4.69, 9.17) is 0 Å². The summed E-state index contributed by atoms with van der Waals surface area (Å²) in [5.41, 5.74) is 1.45. The summed E-state index contributed by atoms with van der Waals surface area (Å²) in [4.78, 5) is 4.31. The van der Waals surface area contributed by atoms with Crippen LogP contribution >= 0.6 is 22.7 Å². The number of aryl methyl sites for hydroxylation is 2. The number of rotatable bonds is 5. The molecule has 0 bridgehead atoms. The first-order chi connectivity index (χ1) is 8.15. The van der Waals surface area contributed by atoms with Crippen LogP contribution in [0.3, 0.4) is 0 Å². The Hall–Kier alpha value is -0.640. The third-order valence-corrected chi connectivity index (χ3v) is 4.78. The molecule has 0 amide bonds. The third kappa shape index (κ3) is 3.66. The Morgan fingerprint density at radius 2 is 2.18 bits per heavy atom. The van der Waals surface area contributed by atoms with Crippen molar-refractivity contribution in [3.63, 3.8) is 0 Å². The van der Waals surface area contributed by atoms with Gasteiger partial charge in [0, 0.05) is 27.2 Å². The van der Waals surface area contributed by atoms with Gasteiger partial charge in [-0.05, 0) is 50.3 Å². The summed E-state index contributed by atoms with van der Waals surface area (Å²) in [7, 11) is 0. The molecule has 0 aliphatic heterocycles. The van der Waals surface area contributed by atoms with Crippen LogP contribution in [-0.2, 0) is 13.0 Å². The molecule has 2 aromatic heterocycles. The van der Waals surface area contributed by atoms with Crippen LogP contribution in [0.2, 0.25) is 0 Å². The molecular formula is C14H19NS2. The van der Waals surface area contributed by atoms with Gasteiger partial charge in [0.25, 0.3) is 0 Å². The van der Waals surface area contributed by atoms with Gasteiger partial charge < -0.3 is 5.32 Å². The van der Waals surface area contributed by atoms with Crippen LogP contribution in [0.4, 0.5) is 0 Å². The highest BCUT2D eigenvalue weighted by atomic mass is 32.1. The first kappa shape index (κ1) is 12.8. The Balaban J connectivity index is 1.84. The molecule has 1 atom stereocenters. The summed E-state index contributed by atoms with van der Waals surface area (Å²) >= 11 is 3.73. The zero-order chi connectivity index (χ0) is 12.3. The van der Waals surface area contributed by atoms with E-state index in [2.05, 4.69) is 49.7 Å². The maximum Gasteiger partial charge on any atom is 0.0219 e. The molecule has 2 aromatic rings. The van der Waals surface area contributed by atoms with E-state index in [9.17, 15) is 0 Å². The minimum absolute atomic E-state index is 0.535. The van der Waals surface area contributed by atoms with Crippen molar-refractivity contribution in [2.45, 2.75) is 39.8 Å². The van der Waals surface area contributed by atoms with E-state index >= 15 is 0 Å². The minimum Gasteiger partial charge on any atom is -0.310 e. The predicted molar refractivity (Wildman–Crippen MR) is 78.1 cm³/mol. The summed E-state index contributed by atoms with van der Waals surface area (Å²) in [6.45, 7) is 7.63. The first-order valence-electron chi connectivity index (χ1n) is 5.97. The molecule has 2 heterocycles. The Morgan fingerprint density at radius 1 is 1.35 bits per heavy atom. The maximum absolute atomic E-state index is 3.60. The quantitative estimate of drug-likeness (QED) is 0.856. The van der Waals surface area contributed by atoms with E-state index in [1.165, 1.54) is 20.2 Å². The number of thiophene rings is 2. The van der Waals surface area contributed by atoms with Crippen molar-refractivity contribution in [2.75, 3.05) is 0 Å². The average molecular weight is 265 g/mol. The summed E-state index contributed by atoms with van der Waals surface area (Å²) in [6, 6.07) is 7.17. The summed E-state index contributed by atoms with van der Waals surface area (Å²) < 4.78 is 0. The van der Waals surface area contributed by atoms with Gasteiger partial charge in [-0.15, -0.1) is 22.7 Å². The lowest BCUT2D eigenvalue weighted by atomic mass is 10.2. The van der Waals surface area contributed by atoms with Crippen LogP contribution in [0, 0.1) is 13.8 Å². The van der Waals surface area contributed by atoms with Crippen LogP contribution in [0.5, 0.6) is 0 Å². The summed E-state index contributed by atoms with van der Waals surface area (Å²) in [5.74, 6) is 0. The van der Waals surface area contributed by atoms with Crippen LogP contribution in [0.1, 0.15) is 27.1 Å². The van der Waals surface area contributed by atoms with E-state index in [-0.39, 0.29) is 0 Å². The summed E-state index contributed by atoms with van der Waals surface area (Å²) in [6.07, 6.45) is 1.12. The minimum atomic E-state index is 0.535. The highest BCUT2D eigenvalue weighted by Crippen LogP contribution is 2.20. The van der Waals surface area contributed by atoms with Crippen molar-refractivity contribution in [1.29, 1.82) is 0 Å². The topological polar surface area (TPSA) is 12.0 Å². The Bertz CT molecular complexity index is 457. The van der Waals surface area contributed by atoms with E-state index in [1.54, 1.807) is 0 Å². The van der Waals surface area contributed by atoms with Crippen molar-refractivity contribution in [1.82, 2.24) is 5.32 Å². The normalized spacial score (nSPS) is 12.9. The smallest absolute Gasteiger partial charge is 0.0219 e. The maximum atomic E-state index is 3.60. The lowest BCUT2D eigenvalue weighted by molar-refractivity contribution is 0.548. The van der Waals surface area contributed by atoms with Gasteiger partial charge in [0.1, 0.15) is 0 Å². The molecule has 92 valence electrons. The second kappa shape index (κ2) is 5.80. The zero-order valence-electron chi connectivity index (χ0n) is 10.6. The number of hydrogen-bond acceptors (Lipinski definition) is 3. The van der Waals surface area contributed by atoms with Gasteiger partial charge in [-0.25, -0.2) is 0 Å². The number of nitrogens with one attached hydrogen (secondary N) is 1. The van der Waals surface area contributed by atoms with Crippen molar-refractivity contribution in [2.24, 2.45) is 0 Å². The predicted octanol–water partition coefficient (Wildman–Crippen LogP) is 4.15. The van der Waals surface area contributed by atoms with Gasteiger partial charge in [-0.3, -0.25) is 0 Å². The molecule has 1 nitrogen and oxygen atoms in total. The SMILES string of the molecule is Cc1cc(CNC(C)Cc2cccs2)c(C)s1. The van der Waals surface area contributed by atoms with Crippen molar-refractivity contribution in [3.05, 3.63) is 43.8 Å². The molecule has 0 aliphatic carbocycles. The van der Waals surface area contributed by atoms with Gasteiger partial charge in [0.2, 0.25) is 0 Å². The zero-order valence-corrected chi connectivity index (χ0v) is 12.3. The molecular weight excluding hydrogens is 246 g/mol. The highest BCUT2D eigenvalue weighted by Gasteiger charge is 2.06. The fourth-order valence-corrected chi connectivity index (χ4v) is 3.73. The molecule has 3 heteroatoms. The Morgan fingerprint density at radius 3 is 2.76 bits per heavy atom. The molecule has 0 saturated carbocycles. The van der Waals surface area contributed by atoms with Crippen molar-refractivity contribution >= 4 is 22.7 Å². The average Bonchev–Trinajstić information content (AvgIpc) is 2.86. The van der Waals surface area contributed by atoms with E-state index in [0.717, 1.165) is 13.0 Å². The standard InChI is InChI=1S/C14H19NS2/c1-10(7-14-5-4-6-16-14)15-9-13-8-11(2)17-12(13)3/h4-6,8,10,15H,7,9H2,1-3H3. The molecule has 0 saturated heterocycles. The third-order valence-electron chi connectivity index (χ3n) is 2.87. The lowest BCUT2D eigenvalue weighted by Crippen LogP contribution is -2.27. The molecule has 2 rings (SSSR count). The first-order valence-corrected chi connectivity index (χ1v) is 7.66. The Labute approximate surface area is 112 Å². The number of hydrogen-bond donors (Lipinski definition) is 1. The van der Waals surface area contributed by atoms with Crippen LogP contribution in [-0.4, -0.2) is 6.04 Å². The Kier molecular flexibility index (Phi) is 4.37. The van der Waals surface area contributed by atoms with Crippen LogP contribution < -0.4 is 5.32 Å². The lowest BCUT2D eigenvalue weighted by Gasteiger charge is -2.12. The molecule has 0 aliphatic rings. The van der Waals surface area contributed by atoms with Crippen molar-refractivity contribution in [3.8, 4) is 0 Å². The monoisotopic (exact) mass is 265 g/mol. The summed E-state index contributed by atoms with van der Waals surface area (Å²) in [5, 5.41) is 5.75. The second-order valence-corrected chi connectivity index (χ2v) is 7.00. The van der Waals surface area contributed by atoms with Crippen LogP contribution in [0.25, 0.3) is 0 Å². The molecule has 0 aromatic carbocycles. The van der Waals surface area contributed by atoms with Gasteiger partial charge in [-0.2, -0.15) is 0 Å². The molecule has 17 heavy (non-hydrogen) atoms. The molecule has 0 spiro atoms. The van der Waals surface area contributed by atoms with E-state index in [0.29, 0.717) is 6.04 Å². The van der Waals surface area contributed by atoms with E-state index in [1.807, 2.05) is 22.7 Å². The largest absolute Gasteiger partial charge is 0.310 e. The molecule has 0 fully saturated rings. The van der Waals surface area contributed by atoms with Crippen LogP contribution in [0.15, 0.2) is 23.6 Å². The fraction of sp³-hybridized carbons (Fsp3) is 0.429. The van der Waals surface area contributed by atoms with E-state index < -0.39 is 0 Å². The highest BCUT2D eigenvalue weighted by molar-refractivity contribution is 7.12. The van der Waals surface area contributed by atoms with Gasteiger partial charge in [0.15, 0.2) is 0 Å². The molecule has 1 unspecified atom stereocenters. The van der Waals surface area contributed by atoms with Gasteiger partial charge >= 0.3 is 0 Å².